The van der Waals surface area contributed by atoms with Gasteiger partial charge < -0.3 is 4.90 Å². The van der Waals surface area contributed by atoms with E-state index in [0.717, 1.165) is 18.5 Å². The number of halogens is 6. The van der Waals surface area contributed by atoms with Crippen LogP contribution in [0.2, 0.25) is 0 Å². The zero-order valence-electron chi connectivity index (χ0n) is 18.4. The fraction of sp³-hybridized carbons (Fsp3) is 0.476. The molecule has 0 radical (unpaired) electrons. The molecule has 0 N–H and O–H groups in total. The first-order chi connectivity index (χ1) is 15.5. The molecular weight excluding hydrogens is 488 g/mol. The molecule has 0 unspecified atom stereocenters. The van der Waals surface area contributed by atoms with Crippen molar-refractivity contribution in [3.8, 4) is 11.4 Å². The fourth-order valence-electron chi connectivity index (χ4n) is 3.39. The summed E-state index contributed by atoms with van der Waals surface area (Å²) in [5.74, 6) is -6.39. The van der Waals surface area contributed by atoms with Crippen LogP contribution >= 0.6 is 0 Å². The summed E-state index contributed by atoms with van der Waals surface area (Å²) in [6, 6.07) is 2.43. The molecule has 186 valence electrons. The minimum Gasteiger partial charge on any atom is -0.304 e. The van der Waals surface area contributed by atoms with Gasteiger partial charge in [-0.2, -0.15) is 22.0 Å². The van der Waals surface area contributed by atoms with Crippen molar-refractivity contribution in [1.82, 2.24) is 9.97 Å². The number of aryl methyl sites for hydroxylation is 1. The summed E-state index contributed by atoms with van der Waals surface area (Å²) in [5.41, 5.74) is -2.03. The van der Waals surface area contributed by atoms with Crippen molar-refractivity contribution < 1.29 is 39.6 Å². The van der Waals surface area contributed by atoms with Gasteiger partial charge in [-0.15, -0.1) is 0 Å². The Hall–Kier alpha value is -2.70. The molecule has 0 atom stereocenters. The predicted octanol–water partition coefficient (Wildman–Crippen LogP) is 4.62. The van der Waals surface area contributed by atoms with Gasteiger partial charge in [0.15, 0.2) is 9.84 Å². The third-order valence-corrected chi connectivity index (χ3v) is 7.18. The van der Waals surface area contributed by atoms with E-state index in [1.807, 2.05) is 0 Å². The Kier molecular flexibility index (Phi) is 6.48. The standard InChI is InChI=1S/C21H21F6N3O3S/c1-4-34(32,33)16-8-13(19(2,3)22)9-29-18(16)14-7-12-5-6-17(31)30(15(12)10-28-14)11-20(23,24)21(25,26)27/h7-10H,4-6,11H2,1-3H3. The molecule has 0 bridgehead atoms. The number of pyridine rings is 2. The first-order valence-electron chi connectivity index (χ1n) is 10.1. The molecule has 1 aliphatic heterocycles. The zero-order chi connectivity index (χ0) is 25.7. The molecule has 34 heavy (non-hydrogen) atoms. The van der Waals surface area contributed by atoms with E-state index in [2.05, 4.69) is 9.97 Å². The van der Waals surface area contributed by atoms with Crippen molar-refractivity contribution in [2.45, 2.75) is 56.3 Å². The van der Waals surface area contributed by atoms with Crippen LogP contribution in [0.1, 0.15) is 38.3 Å². The van der Waals surface area contributed by atoms with Crippen molar-refractivity contribution in [2.75, 3.05) is 17.2 Å². The third-order valence-electron chi connectivity index (χ3n) is 5.43. The number of amides is 1. The largest absolute Gasteiger partial charge is 0.455 e. The number of fused-ring (bicyclic) bond motifs is 1. The number of anilines is 1. The molecule has 0 aromatic carbocycles. The number of carbonyl (C=O) groups is 1. The Morgan fingerprint density at radius 3 is 2.21 bits per heavy atom. The van der Waals surface area contributed by atoms with Gasteiger partial charge in [-0.25, -0.2) is 12.8 Å². The average Bonchev–Trinajstić information content (AvgIpc) is 2.73. The van der Waals surface area contributed by atoms with E-state index in [1.54, 1.807) is 0 Å². The molecule has 1 amide bonds. The molecule has 0 spiro atoms. The number of alkyl halides is 6. The van der Waals surface area contributed by atoms with E-state index in [4.69, 9.17) is 0 Å². The lowest BCUT2D eigenvalue weighted by atomic mass is 9.99. The number of sulfone groups is 1. The van der Waals surface area contributed by atoms with Crippen LogP contribution in [-0.4, -0.2) is 48.7 Å². The van der Waals surface area contributed by atoms with Gasteiger partial charge in [0, 0.05) is 18.2 Å². The van der Waals surface area contributed by atoms with Crippen LogP contribution in [-0.2, 0) is 26.7 Å². The van der Waals surface area contributed by atoms with Crippen LogP contribution in [0.4, 0.5) is 32.0 Å². The lowest BCUT2D eigenvalue weighted by Crippen LogP contribution is -2.50. The van der Waals surface area contributed by atoms with Crippen LogP contribution in [0.15, 0.2) is 29.4 Å². The number of hydrogen-bond donors (Lipinski definition) is 0. The molecule has 0 aliphatic carbocycles. The molecule has 3 rings (SSSR count). The van der Waals surface area contributed by atoms with Gasteiger partial charge in [0.25, 0.3) is 0 Å². The number of hydrogen-bond acceptors (Lipinski definition) is 5. The highest BCUT2D eigenvalue weighted by atomic mass is 32.2. The van der Waals surface area contributed by atoms with Crippen LogP contribution in [0.25, 0.3) is 11.4 Å². The Morgan fingerprint density at radius 1 is 1.00 bits per heavy atom. The van der Waals surface area contributed by atoms with Gasteiger partial charge in [0.1, 0.15) is 11.4 Å². The third kappa shape index (κ3) is 4.89. The number of carbonyl (C=O) groups excluding carboxylic acids is 1. The van der Waals surface area contributed by atoms with Crippen molar-refractivity contribution in [2.24, 2.45) is 0 Å². The molecule has 0 saturated heterocycles. The highest BCUT2D eigenvalue weighted by Crippen LogP contribution is 2.40. The summed E-state index contributed by atoms with van der Waals surface area (Å²) in [7, 11) is -3.90. The molecular formula is C21H21F6N3O3S. The van der Waals surface area contributed by atoms with Gasteiger partial charge >= 0.3 is 12.1 Å². The number of rotatable bonds is 6. The molecule has 1 aliphatic rings. The molecule has 6 nitrogen and oxygen atoms in total. The topological polar surface area (TPSA) is 80.2 Å². The summed E-state index contributed by atoms with van der Waals surface area (Å²) in [6.45, 7) is 1.94. The van der Waals surface area contributed by atoms with E-state index >= 15 is 0 Å². The van der Waals surface area contributed by atoms with Crippen LogP contribution in [0.5, 0.6) is 0 Å². The molecule has 13 heteroatoms. The van der Waals surface area contributed by atoms with Crippen molar-refractivity contribution in [3.63, 3.8) is 0 Å². The minimum atomic E-state index is -5.85. The highest BCUT2D eigenvalue weighted by molar-refractivity contribution is 7.91. The predicted molar refractivity (Wildman–Crippen MR) is 111 cm³/mol. The summed E-state index contributed by atoms with van der Waals surface area (Å²) >= 11 is 0. The molecule has 0 saturated carbocycles. The average molecular weight is 509 g/mol. The van der Waals surface area contributed by atoms with E-state index < -0.39 is 40.1 Å². The monoisotopic (exact) mass is 509 g/mol. The molecule has 0 fully saturated rings. The highest BCUT2D eigenvalue weighted by Gasteiger charge is 2.59. The summed E-state index contributed by atoms with van der Waals surface area (Å²) in [5, 5.41) is 0. The first-order valence-corrected chi connectivity index (χ1v) is 11.8. The van der Waals surface area contributed by atoms with Crippen LogP contribution in [0, 0.1) is 0 Å². The Morgan fingerprint density at radius 2 is 1.65 bits per heavy atom. The fourth-order valence-corrected chi connectivity index (χ4v) is 4.46. The summed E-state index contributed by atoms with van der Waals surface area (Å²) < 4.78 is 105. The van der Waals surface area contributed by atoms with Crippen molar-refractivity contribution in [1.29, 1.82) is 0 Å². The second-order valence-electron chi connectivity index (χ2n) is 8.33. The van der Waals surface area contributed by atoms with Crippen LogP contribution < -0.4 is 4.90 Å². The van der Waals surface area contributed by atoms with Crippen LogP contribution in [0.3, 0.4) is 0 Å². The van der Waals surface area contributed by atoms with Gasteiger partial charge in [-0.05, 0) is 38.0 Å². The molecule has 2 aromatic rings. The first kappa shape index (κ1) is 25.9. The SMILES string of the molecule is CCS(=O)(=O)c1cc(C(C)(C)F)cnc1-c1cc2c(cn1)N(CC(F)(F)C(F)(F)F)C(=O)CC2. The van der Waals surface area contributed by atoms with E-state index in [9.17, 15) is 39.6 Å². The van der Waals surface area contributed by atoms with Crippen molar-refractivity contribution >= 4 is 21.4 Å². The van der Waals surface area contributed by atoms with E-state index in [1.165, 1.54) is 26.8 Å². The molecule has 3 heterocycles. The zero-order valence-corrected chi connectivity index (χ0v) is 19.2. The quantitative estimate of drug-likeness (QED) is 0.531. The smallest absolute Gasteiger partial charge is 0.304 e. The van der Waals surface area contributed by atoms with Gasteiger partial charge in [-0.1, -0.05) is 6.92 Å². The van der Waals surface area contributed by atoms with E-state index in [-0.39, 0.29) is 51.7 Å². The Labute approximate surface area is 191 Å². The molecule has 2 aromatic heterocycles. The maximum Gasteiger partial charge on any atom is 0.455 e. The maximum atomic E-state index is 14.4. The second-order valence-corrected chi connectivity index (χ2v) is 10.6. The second kappa shape index (κ2) is 8.51. The van der Waals surface area contributed by atoms with E-state index in [0.29, 0.717) is 4.90 Å². The summed E-state index contributed by atoms with van der Waals surface area (Å²) in [6.07, 6.45) is -4.08. The number of nitrogens with zero attached hydrogens (tertiary/aromatic N) is 3. The lowest BCUT2D eigenvalue weighted by molar-refractivity contribution is -0.276. The van der Waals surface area contributed by atoms with Gasteiger partial charge in [-0.3, -0.25) is 14.8 Å². The maximum absolute atomic E-state index is 14.4. The van der Waals surface area contributed by atoms with Gasteiger partial charge in [0.05, 0.1) is 34.8 Å². The lowest BCUT2D eigenvalue weighted by Gasteiger charge is -2.32. The van der Waals surface area contributed by atoms with Gasteiger partial charge in [0.2, 0.25) is 5.91 Å². The Bertz CT molecular complexity index is 1220. The summed E-state index contributed by atoms with van der Waals surface area (Å²) in [4.78, 5) is 20.2. The van der Waals surface area contributed by atoms with Crippen molar-refractivity contribution in [3.05, 3.63) is 35.7 Å². The normalized spacial score (nSPS) is 15.4. The minimum absolute atomic E-state index is 0.00684. The Balaban J connectivity index is 2.11. The number of aromatic nitrogens is 2.